The molecule has 0 saturated heterocycles. The van der Waals surface area contributed by atoms with Crippen LogP contribution in [0.2, 0.25) is 0 Å². The van der Waals surface area contributed by atoms with Gasteiger partial charge in [0.25, 0.3) is 17.7 Å². The molecule has 0 unspecified atom stereocenters. The highest BCUT2D eigenvalue weighted by atomic mass is 32.1. The molecule has 3 amide bonds. The van der Waals surface area contributed by atoms with Crippen molar-refractivity contribution in [3.63, 3.8) is 0 Å². The number of hydrogen-bond donors (Lipinski definition) is 3. The van der Waals surface area contributed by atoms with E-state index in [-0.39, 0.29) is 11.3 Å². The molecular weight excluding hydrogens is 512 g/mol. The molecule has 204 valence electrons. The SMILES string of the molecule is C[C@@H](Oc1ccc(C(=O)Nc2sc3c(c2C(N)=O)CCCC3)cc1)C(=O)N/N=C\c1ccc(C(C)(C)C)cc1. The van der Waals surface area contributed by atoms with Gasteiger partial charge in [0.15, 0.2) is 6.10 Å². The molecule has 9 heteroatoms. The molecule has 4 rings (SSSR count). The van der Waals surface area contributed by atoms with Gasteiger partial charge in [0.1, 0.15) is 10.8 Å². The first-order valence-electron chi connectivity index (χ1n) is 13.0. The van der Waals surface area contributed by atoms with Crippen LogP contribution in [-0.4, -0.2) is 30.0 Å². The van der Waals surface area contributed by atoms with Crippen molar-refractivity contribution >= 4 is 40.3 Å². The van der Waals surface area contributed by atoms with Gasteiger partial charge < -0.3 is 15.8 Å². The van der Waals surface area contributed by atoms with Gasteiger partial charge in [0, 0.05) is 10.4 Å². The standard InChI is InChI=1S/C30H34N4O4S/c1-18(27(36)34-32-17-19-9-13-21(14-10-19)30(2,3)4)38-22-15-11-20(12-16-22)28(37)33-29-25(26(31)35)23-7-5-6-8-24(23)39-29/h9-18H,5-8H2,1-4H3,(H2,31,35)(H,33,37)(H,34,36)/b32-17-/t18-/m1/s1. The number of ether oxygens (including phenoxy) is 1. The lowest BCUT2D eigenvalue weighted by Crippen LogP contribution is -2.33. The van der Waals surface area contributed by atoms with Gasteiger partial charge in [-0.2, -0.15) is 5.10 Å². The first-order chi connectivity index (χ1) is 18.5. The Morgan fingerprint density at radius 1 is 1.03 bits per heavy atom. The van der Waals surface area contributed by atoms with Gasteiger partial charge in [0.05, 0.1) is 11.8 Å². The van der Waals surface area contributed by atoms with Crippen LogP contribution in [0.3, 0.4) is 0 Å². The van der Waals surface area contributed by atoms with Crippen LogP contribution in [0.25, 0.3) is 0 Å². The highest BCUT2D eigenvalue weighted by Crippen LogP contribution is 2.38. The molecule has 0 fully saturated rings. The Balaban J connectivity index is 1.32. The van der Waals surface area contributed by atoms with Crippen LogP contribution in [0.5, 0.6) is 5.75 Å². The van der Waals surface area contributed by atoms with Crippen molar-refractivity contribution in [1.82, 2.24) is 5.43 Å². The van der Waals surface area contributed by atoms with E-state index >= 15 is 0 Å². The maximum absolute atomic E-state index is 12.9. The number of nitrogens with two attached hydrogens (primary N) is 1. The van der Waals surface area contributed by atoms with Crippen LogP contribution in [0, 0.1) is 0 Å². The molecule has 1 aliphatic carbocycles. The second-order valence-electron chi connectivity index (χ2n) is 10.6. The average Bonchev–Trinajstić information content (AvgIpc) is 3.26. The number of amides is 3. The highest BCUT2D eigenvalue weighted by Gasteiger charge is 2.25. The molecule has 1 heterocycles. The van der Waals surface area contributed by atoms with Crippen molar-refractivity contribution in [3.8, 4) is 5.75 Å². The summed E-state index contributed by atoms with van der Waals surface area (Å²) in [6.07, 6.45) is 4.54. The summed E-state index contributed by atoms with van der Waals surface area (Å²) in [5, 5.41) is 7.37. The molecule has 0 saturated carbocycles. The lowest BCUT2D eigenvalue weighted by Gasteiger charge is -2.18. The number of hydrazone groups is 1. The summed E-state index contributed by atoms with van der Waals surface area (Å²) in [5.41, 5.74) is 12.1. The third-order valence-electron chi connectivity index (χ3n) is 6.61. The number of nitrogens with one attached hydrogen (secondary N) is 2. The zero-order chi connectivity index (χ0) is 28.2. The summed E-state index contributed by atoms with van der Waals surface area (Å²) < 4.78 is 5.71. The number of hydrogen-bond acceptors (Lipinski definition) is 6. The molecule has 0 spiro atoms. The van der Waals surface area contributed by atoms with Crippen LogP contribution in [0.1, 0.15) is 82.8 Å². The smallest absolute Gasteiger partial charge is 0.280 e. The van der Waals surface area contributed by atoms with Crippen LogP contribution >= 0.6 is 11.3 Å². The summed E-state index contributed by atoms with van der Waals surface area (Å²) in [7, 11) is 0. The molecule has 1 atom stereocenters. The minimum atomic E-state index is -0.805. The largest absolute Gasteiger partial charge is 0.481 e. The number of anilines is 1. The quantitative estimate of drug-likeness (QED) is 0.266. The number of nitrogens with zero attached hydrogens (tertiary/aromatic N) is 1. The lowest BCUT2D eigenvalue weighted by molar-refractivity contribution is -0.127. The minimum Gasteiger partial charge on any atom is -0.481 e. The zero-order valence-corrected chi connectivity index (χ0v) is 23.5. The predicted octanol–water partition coefficient (Wildman–Crippen LogP) is 5.19. The van der Waals surface area contributed by atoms with Gasteiger partial charge in [-0.25, -0.2) is 5.43 Å². The fourth-order valence-corrected chi connectivity index (χ4v) is 5.65. The van der Waals surface area contributed by atoms with E-state index in [4.69, 9.17) is 10.5 Å². The van der Waals surface area contributed by atoms with Crippen LogP contribution < -0.4 is 21.2 Å². The van der Waals surface area contributed by atoms with Crippen LogP contribution in [0.4, 0.5) is 5.00 Å². The second kappa shape index (κ2) is 11.8. The van der Waals surface area contributed by atoms with E-state index in [0.717, 1.165) is 41.7 Å². The number of carbonyl (C=O) groups is 3. The maximum atomic E-state index is 12.9. The van der Waals surface area contributed by atoms with E-state index in [1.165, 1.54) is 16.9 Å². The third-order valence-corrected chi connectivity index (χ3v) is 7.82. The summed E-state index contributed by atoms with van der Waals surface area (Å²) in [5.74, 6) is -0.845. The normalized spacial score (nSPS) is 13.9. The van der Waals surface area contributed by atoms with Crippen molar-refractivity contribution in [2.75, 3.05) is 5.32 Å². The fraction of sp³-hybridized carbons (Fsp3) is 0.333. The van der Waals surface area contributed by atoms with Gasteiger partial charge >= 0.3 is 0 Å². The van der Waals surface area contributed by atoms with Crippen molar-refractivity contribution in [2.45, 2.75) is 64.9 Å². The second-order valence-corrected chi connectivity index (χ2v) is 11.7. The monoisotopic (exact) mass is 546 g/mol. The van der Waals surface area contributed by atoms with E-state index in [9.17, 15) is 14.4 Å². The first-order valence-corrected chi connectivity index (χ1v) is 13.8. The number of thiophene rings is 1. The molecule has 1 aromatic heterocycles. The Bertz CT molecular complexity index is 1390. The molecular formula is C30H34N4O4S. The molecule has 39 heavy (non-hydrogen) atoms. The first kappa shape index (κ1) is 28.0. The van der Waals surface area contributed by atoms with Gasteiger partial charge in [-0.15, -0.1) is 11.3 Å². The number of benzene rings is 2. The molecule has 0 aliphatic heterocycles. The fourth-order valence-electron chi connectivity index (χ4n) is 4.36. The van der Waals surface area contributed by atoms with E-state index in [1.54, 1.807) is 37.4 Å². The Morgan fingerprint density at radius 2 is 1.69 bits per heavy atom. The Labute approximate surface area is 232 Å². The Hall–Kier alpha value is -3.98. The Kier molecular flexibility index (Phi) is 8.50. The molecule has 0 radical (unpaired) electrons. The molecule has 4 N–H and O–H groups in total. The number of primary amides is 1. The van der Waals surface area contributed by atoms with Crippen molar-refractivity contribution < 1.29 is 19.1 Å². The number of aryl methyl sites for hydroxylation is 1. The molecule has 0 bridgehead atoms. The van der Waals surface area contributed by atoms with Crippen LogP contribution in [0.15, 0.2) is 53.6 Å². The predicted molar refractivity (Wildman–Crippen MR) is 155 cm³/mol. The number of rotatable bonds is 8. The number of fused-ring (bicyclic) bond motifs is 1. The van der Waals surface area contributed by atoms with Gasteiger partial charge in [-0.1, -0.05) is 45.0 Å². The van der Waals surface area contributed by atoms with E-state index < -0.39 is 17.9 Å². The van der Waals surface area contributed by atoms with Gasteiger partial charge in [-0.3, -0.25) is 14.4 Å². The summed E-state index contributed by atoms with van der Waals surface area (Å²) in [6, 6.07) is 14.4. The molecule has 2 aromatic carbocycles. The average molecular weight is 547 g/mol. The topological polar surface area (TPSA) is 123 Å². The lowest BCUT2D eigenvalue weighted by atomic mass is 9.87. The summed E-state index contributed by atoms with van der Waals surface area (Å²) in [4.78, 5) is 38.5. The van der Waals surface area contributed by atoms with Gasteiger partial charge in [-0.05, 0) is 79.0 Å². The summed E-state index contributed by atoms with van der Waals surface area (Å²) in [6.45, 7) is 8.07. The van der Waals surface area contributed by atoms with Crippen molar-refractivity contribution in [3.05, 3.63) is 81.2 Å². The number of carbonyl (C=O) groups excluding carboxylic acids is 3. The molecule has 8 nitrogen and oxygen atoms in total. The zero-order valence-electron chi connectivity index (χ0n) is 22.7. The van der Waals surface area contributed by atoms with E-state index in [0.29, 0.717) is 21.9 Å². The van der Waals surface area contributed by atoms with Crippen molar-refractivity contribution in [1.29, 1.82) is 0 Å². The van der Waals surface area contributed by atoms with Gasteiger partial charge in [0.2, 0.25) is 0 Å². The third kappa shape index (κ3) is 6.92. The van der Waals surface area contributed by atoms with Crippen molar-refractivity contribution in [2.24, 2.45) is 10.8 Å². The maximum Gasteiger partial charge on any atom is 0.280 e. The Morgan fingerprint density at radius 3 is 2.33 bits per heavy atom. The van der Waals surface area contributed by atoms with E-state index in [2.05, 4.69) is 36.6 Å². The molecule has 3 aromatic rings. The minimum absolute atomic E-state index is 0.0662. The highest BCUT2D eigenvalue weighted by molar-refractivity contribution is 7.17. The van der Waals surface area contributed by atoms with Crippen LogP contribution in [-0.2, 0) is 23.1 Å². The van der Waals surface area contributed by atoms with E-state index in [1.807, 2.05) is 24.3 Å². The molecule has 1 aliphatic rings. The summed E-state index contributed by atoms with van der Waals surface area (Å²) >= 11 is 1.42.